The number of ether oxygens (including phenoxy) is 1. The topological polar surface area (TPSA) is 111 Å². The first-order valence-electron chi connectivity index (χ1n) is 11.5. The molecular weight excluding hydrogens is 430 g/mol. The normalized spacial score (nSPS) is 15.8. The van der Waals surface area contributed by atoms with Crippen molar-refractivity contribution in [2.24, 2.45) is 17.8 Å². The number of nitrogens with zero attached hydrogens (tertiary/aromatic N) is 5. The number of nitrogens with two attached hydrogens (primary N) is 1. The van der Waals surface area contributed by atoms with Crippen LogP contribution in [-0.4, -0.2) is 70.8 Å². The monoisotopic (exact) mass is 461 g/mol. The van der Waals surface area contributed by atoms with Crippen molar-refractivity contribution in [1.82, 2.24) is 19.7 Å². The summed E-state index contributed by atoms with van der Waals surface area (Å²) in [6.45, 7) is 6.83. The Morgan fingerprint density at radius 2 is 1.88 bits per heavy atom. The molecule has 1 aliphatic rings. The summed E-state index contributed by atoms with van der Waals surface area (Å²) in [5, 5.41) is 7.60. The van der Waals surface area contributed by atoms with Crippen molar-refractivity contribution in [3.05, 3.63) is 77.1 Å². The maximum atomic E-state index is 12.8. The fourth-order valence-corrected chi connectivity index (χ4v) is 3.84. The molecule has 0 aliphatic carbocycles. The van der Waals surface area contributed by atoms with Crippen LogP contribution in [0.15, 0.2) is 59.6 Å². The van der Waals surface area contributed by atoms with Crippen molar-refractivity contribution in [3.8, 4) is 0 Å². The van der Waals surface area contributed by atoms with E-state index in [1.807, 2.05) is 68.6 Å². The van der Waals surface area contributed by atoms with E-state index in [1.165, 1.54) is 0 Å². The van der Waals surface area contributed by atoms with Crippen molar-refractivity contribution in [2.45, 2.75) is 12.8 Å². The third kappa shape index (κ3) is 5.86. The van der Waals surface area contributed by atoms with Gasteiger partial charge in [0.15, 0.2) is 17.6 Å². The second-order valence-electron chi connectivity index (χ2n) is 8.31. The molecular formula is C25H31N7O2. The Hall–Kier alpha value is -3.56. The van der Waals surface area contributed by atoms with Gasteiger partial charge < -0.3 is 10.5 Å². The van der Waals surface area contributed by atoms with Crippen LogP contribution in [0, 0.1) is 0 Å². The summed E-state index contributed by atoms with van der Waals surface area (Å²) in [4.78, 5) is 24.2. The van der Waals surface area contributed by atoms with Crippen molar-refractivity contribution in [1.29, 1.82) is 0 Å². The standard InChI is InChI=1S/C25H31N7O2/c1-18(20-9-6-10-21(17-20)22(33)19-7-4-3-5-8-19)23-28-25(31(2)30-23)29-24(26)27-11-12-32-13-15-34-16-14-32/h3-10,17-18H,11-16H2,1-2H3,(H3,26,27,28,29,30). The Bertz CT molecular complexity index is 1140. The number of carbonyl (C=O) groups excluding carboxylic acids is 1. The summed E-state index contributed by atoms with van der Waals surface area (Å²) in [7, 11) is 1.81. The molecule has 0 saturated carbocycles. The summed E-state index contributed by atoms with van der Waals surface area (Å²) in [6.07, 6.45) is 0. The number of morpholine rings is 1. The van der Waals surface area contributed by atoms with Crippen LogP contribution in [0.3, 0.4) is 0 Å². The molecule has 1 aliphatic heterocycles. The van der Waals surface area contributed by atoms with Gasteiger partial charge in [0.1, 0.15) is 0 Å². The lowest BCUT2D eigenvalue weighted by atomic mass is 9.95. The molecule has 1 aromatic heterocycles. The zero-order chi connectivity index (χ0) is 23.9. The first-order chi connectivity index (χ1) is 16.5. The molecule has 2 heterocycles. The minimum absolute atomic E-state index is 0.00736. The van der Waals surface area contributed by atoms with E-state index in [0.29, 0.717) is 35.4 Å². The third-order valence-corrected chi connectivity index (χ3v) is 5.89. The minimum atomic E-state index is -0.107. The van der Waals surface area contributed by atoms with Crippen LogP contribution in [0.1, 0.15) is 40.2 Å². The van der Waals surface area contributed by atoms with Gasteiger partial charge in [0.25, 0.3) is 0 Å². The molecule has 34 heavy (non-hydrogen) atoms. The van der Waals surface area contributed by atoms with Crippen LogP contribution in [0.4, 0.5) is 5.95 Å². The SMILES string of the molecule is CC(c1cccc(C(=O)c2ccccc2)c1)c1nc(NC(N)=NCCN2CCOCC2)n(C)n1. The maximum absolute atomic E-state index is 12.8. The van der Waals surface area contributed by atoms with E-state index in [4.69, 9.17) is 10.5 Å². The average Bonchev–Trinajstić information content (AvgIpc) is 3.24. The molecule has 0 spiro atoms. The van der Waals surface area contributed by atoms with Gasteiger partial charge in [-0.25, -0.2) is 4.68 Å². The number of aromatic nitrogens is 3. The van der Waals surface area contributed by atoms with Gasteiger partial charge in [-0.1, -0.05) is 55.5 Å². The zero-order valence-corrected chi connectivity index (χ0v) is 19.6. The van der Waals surface area contributed by atoms with Gasteiger partial charge in [0.05, 0.1) is 19.8 Å². The van der Waals surface area contributed by atoms with E-state index >= 15 is 0 Å². The fraction of sp³-hybridized carbons (Fsp3) is 0.360. The molecule has 0 bridgehead atoms. The number of nitrogens with one attached hydrogen (secondary N) is 1. The van der Waals surface area contributed by atoms with Crippen molar-refractivity contribution in [3.63, 3.8) is 0 Å². The first kappa shape index (κ1) is 23.6. The molecule has 1 unspecified atom stereocenters. The van der Waals surface area contributed by atoms with Gasteiger partial charge in [0.2, 0.25) is 5.95 Å². The molecule has 178 valence electrons. The van der Waals surface area contributed by atoms with Crippen LogP contribution >= 0.6 is 0 Å². The Labute approximate surface area is 199 Å². The molecule has 1 atom stereocenters. The Balaban J connectivity index is 1.41. The number of aryl methyl sites for hydroxylation is 1. The molecule has 1 fully saturated rings. The number of ketones is 1. The summed E-state index contributed by atoms with van der Waals surface area (Å²) in [5.41, 5.74) is 8.34. The minimum Gasteiger partial charge on any atom is -0.379 e. The summed E-state index contributed by atoms with van der Waals surface area (Å²) < 4.78 is 7.01. The molecule has 4 rings (SSSR count). The van der Waals surface area contributed by atoms with Gasteiger partial charge in [-0.3, -0.25) is 20.0 Å². The van der Waals surface area contributed by atoms with Crippen LogP contribution in [0.5, 0.6) is 0 Å². The number of hydrogen-bond donors (Lipinski definition) is 2. The number of anilines is 1. The Morgan fingerprint density at radius 3 is 2.65 bits per heavy atom. The summed E-state index contributed by atoms with van der Waals surface area (Å²) in [5.74, 6) is 1.34. The van der Waals surface area contributed by atoms with E-state index in [1.54, 1.807) is 4.68 Å². The van der Waals surface area contributed by atoms with E-state index in [0.717, 1.165) is 38.4 Å². The molecule has 2 aromatic carbocycles. The number of aliphatic imine (C=N–C) groups is 1. The van der Waals surface area contributed by atoms with Crippen molar-refractivity contribution < 1.29 is 9.53 Å². The zero-order valence-electron chi connectivity index (χ0n) is 19.6. The molecule has 3 N–H and O–H groups in total. The molecule has 0 radical (unpaired) electrons. The molecule has 3 aromatic rings. The van der Waals surface area contributed by atoms with E-state index in [9.17, 15) is 4.79 Å². The number of carbonyl (C=O) groups is 1. The van der Waals surface area contributed by atoms with Crippen LogP contribution in [0.25, 0.3) is 0 Å². The summed E-state index contributed by atoms with van der Waals surface area (Å²) >= 11 is 0. The van der Waals surface area contributed by atoms with Gasteiger partial charge in [-0.15, -0.1) is 0 Å². The summed E-state index contributed by atoms with van der Waals surface area (Å²) in [6, 6.07) is 16.9. The van der Waals surface area contributed by atoms with Crippen LogP contribution in [0.2, 0.25) is 0 Å². The second-order valence-corrected chi connectivity index (χ2v) is 8.31. The highest BCUT2D eigenvalue weighted by Gasteiger charge is 2.18. The van der Waals surface area contributed by atoms with Gasteiger partial charge >= 0.3 is 0 Å². The smallest absolute Gasteiger partial charge is 0.227 e. The first-order valence-corrected chi connectivity index (χ1v) is 11.5. The third-order valence-electron chi connectivity index (χ3n) is 5.89. The van der Waals surface area contributed by atoms with E-state index in [2.05, 4.69) is 25.3 Å². The highest BCUT2D eigenvalue weighted by Crippen LogP contribution is 2.24. The Morgan fingerprint density at radius 1 is 1.15 bits per heavy atom. The van der Waals surface area contributed by atoms with Crippen molar-refractivity contribution in [2.75, 3.05) is 44.7 Å². The number of hydrogen-bond acceptors (Lipinski definition) is 6. The lowest BCUT2D eigenvalue weighted by molar-refractivity contribution is 0.0394. The predicted octanol–water partition coefficient (Wildman–Crippen LogP) is 2.26. The lowest BCUT2D eigenvalue weighted by Crippen LogP contribution is -2.38. The van der Waals surface area contributed by atoms with Gasteiger partial charge in [0, 0.05) is 43.7 Å². The largest absolute Gasteiger partial charge is 0.379 e. The number of rotatable bonds is 8. The van der Waals surface area contributed by atoms with Crippen LogP contribution < -0.4 is 11.1 Å². The number of guanidine groups is 1. The highest BCUT2D eigenvalue weighted by atomic mass is 16.5. The maximum Gasteiger partial charge on any atom is 0.227 e. The highest BCUT2D eigenvalue weighted by molar-refractivity contribution is 6.09. The van der Waals surface area contributed by atoms with Gasteiger partial charge in [-0.05, 0) is 11.6 Å². The molecule has 9 nitrogen and oxygen atoms in total. The quantitative estimate of drug-likeness (QED) is 0.301. The molecule has 1 saturated heterocycles. The molecule has 0 amide bonds. The lowest BCUT2D eigenvalue weighted by Gasteiger charge is -2.25. The van der Waals surface area contributed by atoms with Crippen LogP contribution in [-0.2, 0) is 11.8 Å². The van der Waals surface area contributed by atoms with Gasteiger partial charge in [-0.2, -0.15) is 10.1 Å². The van der Waals surface area contributed by atoms with E-state index in [-0.39, 0.29) is 11.7 Å². The average molecular weight is 462 g/mol. The number of benzene rings is 2. The second kappa shape index (κ2) is 11.0. The van der Waals surface area contributed by atoms with Crippen molar-refractivity contribution >= 4 is 17.7 Å². The van der Waals surface area contributed by atoms with E-state index < -0.39 is 0 Å². The fourth-order valence-electron chi connectivity index (χ4n) is 3.84. The molecule has 9 heteroatoms. The Kier molecular flexibility index (Phi) is 7.66. The predicted molar refractivity (Wildman–Crippen MR) is 132 cm³/mol.